The van der Waals surface area contributed by atoms with Crippen molar-refractivity contribution in [2.75, 3.05) is 26.7 Å². The lowest BCUT2D eigenvalue weighted by Gasteiger charge is -2.46. The molecule has 0 spiro atoms. The van der Waals surface area contributed by atoms with Crippen molar-refractivity contribution in [1.29, 1.82) is 0 Å². The number of aliphatic hydroxyl groups is 1. The third-order valence-electron chi connectivity index (χ3n) is 4.45. The van der Waals surface area contributed by atoms with Crippen molar-refractivity contribution in [3.8, 4) is 0 Å². The first kappa shape index (κ1) is 12.3. The van der Waals surface area contributed by atoms with Crippen LogP contribution in [0, 0.1) is 0 Å². The van der Waals surface area contributed by atoms with Gasteiger partial charge >= 0.3 is 0 Å². The van der Waals surface area contributed by atoms with E-state index in [4.69, 9.17) is 0 Å². The van der Waals surface area contributed by atoms with Crippen molar-refractivity contribution in [3.63, 3.8) is 0 Å². The highest BCUT2D eigenvalue weighted by Crippen LogP contribution is 2.28. The molecule has 2 fully saturated rings. The fourth-order valence-corrected chi connectivity index (χ4v) is 3.30. The van der Waals surface area contributed by atoms with Crippen LogP contribution in [0.2, 0.25) is 0 Å². The average Bonchev–Trinajstić information content (AvgIpc) is 2.76. The van der Waals surface area contributed by atoms with Gasteiger partial charge in [-0.15, -0.1) is 0 Å². The van der Waals surface area contributed by atoms with E-state index in [1.165, 1.54) is 32.2 Å². The molecule has 1 saturated carbocycles. The standard InChI is InChI=1S/C13H26N2O/c1-11-9-15(12-5-3-4-6-12)13(7-8-16)10-14(11)2/h11-13,16H,3-10H2,1-2H3. The molecule has 94 valence electrons. The second-order valence-electron chi connectivity index (χ2n) is 5.59. The number of likely N-dealkylation sites (N-methyl/N-ethyl adjacent to an activating group) is 1. The van der Waals surface area contributed by atoms with Crippen molar-refractivity contribution in [1.82, 2.24) is 9.80 Å². The van der Waals surface area contributed by atoms with Crippen LogP contribution < -0.4 is 0 Å². The largest absolute Gasteiger partial charge is 0.396 e. The molecule has 0 amide bonds. The lowest BCUT2D eigenvalue weighted by Crippen LogP contribution is -2.58. The molecule has 3 heteroatoms. The summed E-state index contributed by atoms with van der Waals surface area (Å²) in [6.45, 7) is 4.96. The Morgan fingerprint density at radius 3 is 2.50 bits per heavy atom. The molecular formula is C13H26N2O. The van der Waals surface area contributed by atoms with Crippen LogP contribution in [-0.4, -0.2) is 59.8 Å². The molecular weight excluding hydrogens is 200 g/mol. The highest BCUT2D eigenvalue weighted by Gasteiger charge is 2.34. The van der Waals surface area contributed by atoms with Crippen molar-refractivity contribution in [2.24, 2.45) is 0 Å². The molecule has 1 aliphatic heterocycles. The van der Waals surface area contributed by atoms with Gasteiger partial charge in [0.05, 0.1) is 0 Å². The second-order valence-corrected chi connectivity index (χ2v) is 5.59. The first-order valence-electron chi connectivity index (χ1n) is 6.79. The molecule has 3 nitrogen and oxygen atoms in total. The van der Waals surface area contributed by atoms with Crippen LogP contribution in [0.1, 0.15) is 39.0 Å². The van der Waals surface area contributed by atoms with Crippen LogP contribution in [0.15, 0.2) is 0 Å². The van der Waals surface area contributed by atoms with Gasteiger partial charge in [0, 0.05) is 37.8 Å². The molecule has 1 heterocycles. The van der Waals surface area contributed by atoms with Crippen LogP contribution in [-0.2, 0) is 0 Å². The van der Waals surface area contributed by atoms with Gasteiger partial charge in [-0.3, -0.25) is 4.90 Å². The summed E-state index contributed by atoms with van der Waals surface area (Å²) in [6, 6.07) is 2.04. The van der Waals surface area contributed by atoms with E-state index >= 15 is 0 Å². The summed E-state index contributed by atoms with van der Waals surface area (Å²) in [5.41, 5.74) is 0. The minimum atomic E-state index is 0.329. The topological polar surface area (TPSA) is 26.7 Å². The molecule has 1 saturated heterocycles. The van der Waals surface area contributed by atoms with E-state index in [0.717, 1.165) is 19.0 Å². The monoisotopic (exact) mass is 226 g/mol. The van der Waals surface area contributed by atoms with E-state index in [9.17, 15) is 5.11 Å². The Kier molecular flexibility index (Phi) is 4.22. The number of nitrogens with zero attached hydrogens (tertiary/aromatic N) is 2. The van der Waals surface area contributed by atoms with E-state index in [-0.39, 0.29) is 0 Å². The van der Waals surface area contributed by atoms with Gasteiger partial charge in [-0.05, 0) is 33.2 Å². The summed E-state index contributed by atoms with van der Waals surface area (Å²) in [5, 5.41) is 9.19. The van der Waals surface area contributed by atoms with Gasteiger partial charge in [-0.25, -0.2) is 0 Å². The quantitative estimate of drug-likeness (QED) is 0.786. The van der Waals surface area contributed by atoms with Crippen LogP contribution in [0.5, 0.6) is 0 Å². The fourth-order valence-electron chi connectivity index (χ4n) is 3.30. The molecule has 0 aromatic rings. The normalized spacial score (nSPS) is 34.7. The first-order chi connectivity index (χ1) is 7.72. The molecule has 16 heavy (non-hydrogen) atoms. The van der Waals surface area contributed by atoms with E-state index in [0.29, 0.717) is 18.7 Å². The van der Waals surface area contributed by atoms with Gasteiger partial charge in [-0.1, -0.05) is 12.8 Å². The maximum absolute atomic E-state index is 9.19. The lowest BCUT2D eigenvalue weighted by atomic mass is 10.0. The smallest absolute Gasteiger partial charge is 0.0446 e. The molecule has 2 atom stereocenters. The highest BCUT2D eigenvalue weighted by molar-refractivity contribution is 4.90. The van der Waals surface area contributed by atoms with Gasteiger partial charge < -0.3 is 10.0 Å². The van der Waals surface area contributed by atoms with Gasteiger partial charge in [0.15, 0.2) is 0 Å². The third kappa shape index (κ3) is 2.58. The summed E-state index contributed by atoms with van der Waals surface area (Å²) < 4.78 is 0. The summed E-state index contributed by atoms with van der Waals surface area (Å²) in [4.78, 5) is 5.12. The van der Waals surface area contributed by atoms with Crippen molar-refractivity contribution in [2.45, 2.75) is 57.2 Å². The fraction of sp³-hybridized carbons (Fsp3) is 1.00. The predicted octanol–water partition coefficient (Wildman–Crippen LogP) is 1.32. The van der Waals surface area contributed by atoms with Crippen molar-refractivity contribution >= 4 is 0 Å². The maximum Gasteiger partial charge on any atom is 0.0446 e. The van der Waals surface area contributed by atoms with Crippen LogP contribution in [0.4, 0.5) is 0 Å². The maximum atomic E-state index is 9.19. The van der Waals surface area contributed by atoms with E-state index in [1.807, 2.05) is 0 Å². The minimum absolute atomic E-state index is 0.329. The van der Waals surface area contributed by atoms with Gasteiger partial charge in [-0.2, -0.15) is 0 Å². The Morgan fingerprint density at radius 2 is 1.88 bits per heavy atom. The Labute approximate surface area is 99.4 Å². The third-order valence-corrected chi connectivity index (χ3v) is 4.45. The van der Waals surface area contributed by atoms with E-state index in [2.05, 4.69) is 23.8 Å². The van der Waals surface area contributed by atoms with Crippen LogP contribution in [0.25, 0.3) is 0 Å². The Balaban J connectivity index is 2.00. The summed E-state index contributed by atoms with van der Waals surface area (Å²) in [6.07, 6.45) is 6.48. The Bertz CT molecular complexity index is 216. The number of piperazine rings is 1. The highest BCUT2D eigenvalue weighted by atomic mass is 16.3. The number of hydrogen-bond acceptors (Lipinski definition) is 3. The number of hydrogen-bond donors (Lipinski definition) is 1. The molecule has 2 unspecified atom stereocenters. The van der Waals surface area contributed by atoms with Crippen LogP contribution in [0.3, 0.4) is 0 Å². The minimum Gasteiger partial charge on any atom is -0.396 e. The molecule has 0 aromatic carbocycles. The zero-order chi connectivity index (χ0) is 11.5. The average molecular weight is 226 g/mol. The molecule has 2 rings (SSSR count). The predicted molar refractivity (Wildman–Crippen MR) is 66.5 cm³/mol. The summed E-state index contributed by atoms with van der Waals surface area (Å²) in [5.74, 6) is 0. The van der Waals surface area contributed by atoms with Crippen LogP contribution >= 0.6 is 0 Å². The van der Waals surface area contributed by atoms with E-state index < -0.39 is 0 Å². The number of aliphatic hydroxyl groups excluding tert-OH is 1. The second kappa shape index (κ2) is 5.48. The summed E-state index contributed by atoms with van der Waals surface area (Å²) in [7, 11) is 2.21. The molecule has 0 aromatic heterocycles. The van der Waals surface area contributed by atoms with Gasteiger partial charge in [0.2, 0.25) is 0 Å². The van der Waals surface area contributed by atoms with Gasteiger partial charge in [0.1, 0.15) is 0 Å². The molecule has 2 aliphatic rings. The SMILES string of the molecule is CC1CN(C2CCCC2)C(CCO)CN1C. The zero-order valence-corrected chi connectivity index (χ0v) is 10.7. The molecule has 1 aliphatic carbocycles. The first-order valence-corrected chi connectivity index (χ1v) is 6.79. The molecule has 0 bridgehead atoms. The molecule has 1 N–H and O–H groups in total. The molecule has 0 radical (unpaired) electrons. The zero-order valence-electron chi connectivity index (χ0n) is 10.7. The van der Waals surface area contributed by atoms with Gasteiger partial charge in [0.25, 0.3) is 0 Å². The lowest BCUT2D eigenvalue weighted by molar-refractivity contribution is 0.0116. The summed E-state index contributed by atoms with van der Waals surface area (Å²) >= 11 is 0. The Morgan fingerprint density at radius 1 is 1.19 bits per heavy atom. The van der Waals surface area contributed by atoms with E-state index in [1.54, 1.807) is 0 Å². The Hall–Kier alpha value is -0.120. The van der Waals surface area contributed by atoms with Crippen molar-refractivity contribution < 1.29 is 5.11 Å². The number of rotatable bonds is 3. The van der Waals surface area contributed by atoms with Crippen molar-refractivity contribution in [3.05, 3.63) is 0 Å².